The number of carbonyl (C=O) groups is 2. The van der Waals surface area contributed by atoms with Crippen molar-refractivity contribution in [2.45, 2.75) is 17.7 Å². The largest absolute Gasteiger partial charge is 0.493 e. The van der Waals surface area contributed by atoms with Crippen molar-refractivity contribution in [1.29, 1.82) is 0 Å². The first-order valence-electron chi connectivity index (χ1n) is 9.43. The van der Waals surface area contributed by atoms with Crippen molar-refractivity contribution in [2.75, 3.05) is 40.4 Å². The van der Waals surface area contributed by atoms with Crippen LogP contribution in [-0.2, 0) is 14.8 Å². The molecule has 0 atom stereocenters. The maximum absolute atomic E-state index is 13.0. The van der Waals surface area contributed by atoms with Crippen molar-refractivity contribution in [3.05, 3.63) is 40.6 Å². The van der Waals surface area contributed by atoms with Gasteiger partial charge in [0.1, 0.15) is 0 Å². The highest BCUT2D eigenvalue weighted by atomic mass is 32.2. The van der Waals surface area contributed by atoms with Gasteiger partial charge in [-0.3, -0.25) is 9.59 Å². The van der Waals surface area contributed by atoms with Crippen LogP contribution in [0.5, 0.6) is 11.5 Å². The molecule has 0 spiro atoms. The Kier molecular flexibility index (Phi) is 7.11. The lowest BCUT2D eigenvalue weighted by Crippen LogP contribution is -2.50. The maximum atomic E-state index is 13.0. The second kappa shape index (κ2) is 9.59. The smallest absolute Gasteiger partial charge is 0.243 e. The van der Waals surface area contributed by atoms with Gasteiger partial charge in [-0.2, -0.15) is 4.31 Å². The monoisotopic (exact) mass is 452 g/mol. The Morgan fingerprint density at radius 3 is 2.30 bits per heavy atom. The van der Waals surface area contributed by atoms with E-state index in [2.05, 4.69) is 0 Å². The lowest BCUT2D eigenvalue weighted by Gasteiger charge is -2.34. The number of sulfonamides is 1. The average Bonchev–Trinajstić information content (AvgIpc) is 3.31. The molecule has 0 saturated carbocycles. The number of ether oxygens (including phenoxy) is 2. The first-order valence-corrected chi connectivity index (χ1v) is 11.8. The van der Waals surface area contributed by atoms with Gasteiger partial charge in [-0.1, -0.05) is 6.07 Å². The summed E-state index contributed by atoms with van der Waals surface area (Å²) in [5.74, 6) is 0.600. The summed E-state index contributed by atoms with van der Waals surface area (Å²) >= 11 is 1.36. The number of ketones is 1. The summed E-state index contributed by atoms with van der Waals surface area (Å²) in [5.41, 5.74) is 0. The Bertz CT molecular complexity index is 996. The molecule has 3 rings (SSSR count). The van der Waals surface area contributed by atoms with E-state index < -0.39 is 10.0 Å². The molecule has 0 N–H and O–H groups in total. The lowest BCUT2D eigenvalue weighted by atomic mass is 10.1. The number of rotatable bonds is 8. The Hall–Kier alpha value is -2.43. The van der Waals surface area contributed by atoms with Gasteiger partial charge < -0.3 is 14.4 Å². The van der Waals surface area contributed by atoms with Crippen LogP contribution in [0.3, 0.4) is 0 Å². The quantitative estimate of drug-likeness (QED) is 0.571. The normalized spacial score (nSPS) is 15.1. The molecule has 1 aromatic carbocycles. The molecule has 8 nitrogen and oxygen atoms in total. The first-order chi connectivity index (χ1) is 14.4. The van der Waals surface area contributed by atoms with E-state index in [0.29, 0.717) is 29.5 Å². The number of thiophene rings is 1. The van der Waals surface area contributed by atoms with Gasteiger partial charge in [-0.15, -0.1) is 11.3 Å². The number of hydrogen-bond acceptors (Lipinski definition) is 7. The average molecular weight is 453 g/mol. The van der Waals surface area contributed by atoms with Gasteiger partial charge in [-0.25, -0.2) is 8.42 Å². The van der Waals surface area contributed by atoms with Crippen LogP contribution in [0.2, 0.25) is 0 Å². The van der Waals surface area contributed by atoms with Crippen molar-refractivity contribution < 1.29 is 27.5 Å². The van der Waals surface area contributed by atoms with Crippen molar-refractivity contribution in [3.8, 4) is 11.5 Å². The van der Waals surface area contributed by atoms with Gasteiger partial charge >= 0.3 is 0 Å². The van der Waals surface area contributed by atoms with Crippen molar-refractivity contribution in [3.63, 3.8) is 0 Å². The molecule has 0 unspecified atom stereocenters. The van der Waals surface area contributed by atoms with Crippen LogP contribution in [0.25, 0.3) is 0 Å². The fourth-order valence-electron chi connectivity index (χ4n) is 3.24. The standard InChI is InChI=1S/C20H24N2O6S2/c1-27-17-7-5-15(14-18(17)28-2)30(25,26)22-11-9-21(10-12-22)20(24)8-6-16(23)19-4-3-13-29-19/h3-5,7,13-14H,6,8-12H2,1-2H3. The molecule has 1 aliphatic rings. The number of hydrogen-bond donors (Lipinski definition) is 0. The van der Waals surface area contributed by atoms with E-state index in [1.165, 1.54) is 42.0 Å². The highest BCUT2D eigenvalue weighted by molar-refractivity contribution is 7.89. The van der Waals surface area contributed by atoms with E-state index in [0.717, 1.165) is 0 Å². The third kappa shape index (κ3) is 4.82. The third-order valence-corrected chi connectivity index (χ3v) is 7.75. The highest BCUT2D eigenvalue weighted by Crippen LogP contribution is 2.31. The summed E-state index contributed by atoms with van der Waals surface area (Å²) in [5, 5.41) is 1.83. The number of methoxy groups -OCH3 is 2. The first kappa shape index (κ1) is 22.3. The number of amides is 1. The molecule has 2 heterocycles. The molecule has 2 aromatic rings. The zero-order valence-corrected chi connectivity index (χ0v) is 18.5. The molecule has 1 fully saturated rings. The lowest BCUT2D eigenvalue weighted by molar-refractivity contribution is -0.132. The summed E-state index contributed by atoms with van der Waals surface area (Å²) < 4.78 is 37.6. The highest BCUT2D eigenvalue weighted by Gasteiger charge is 2.30. The van der Waals surface area contributed by atoms with Crippen LogP contribution in [0.4, 0.5) is 0 Å². The van der Waals surface area contributed by atoms with Crippen LogP contribution < -0.4 is 9.47 Å². The summed E-state index contributed by atoms with van der Waals surface area (Å²) in [6.07, 6.45) is 0.280. The molecule has 10 heteroatoms. The molecule has 1 saturated heterocycles. The predicted octanol–water partition coefficient (Wildman–Crippen LogP) is 2.26. The predicted molar refractivity (Wildman–Crippen MR) is 113 cm³/mol. The summed E-state index contributed by atoms with van der Waals surface area (Å²) in [7, 11) is -0.788. The van der Waals surface area contributed by atoms with Crippen LogP contribution in [0.1, 0.15) is 22.5 Å². The molecular weight excluding hydrogens is 428 g/mol. The number of Topliss-reactive ketones (excluding diaryl/α,β-unsaturated/α-hetero) is 1. The minimum absolute atomic E-state index is 0.0481. The van der Waals surface area contributed by atoms with Crippen molar-refractivity contribution in [2.24, 2.45) is 0 Å². The van der Waals surface area contributed by atoms with Gasteiger partial charge in [-0.05, 0) is 23.6 Å². The van der Waals surface area contributed by atoms with Gasteiger partial charge in [0.2, 0.25) is 15.9 Å². The molecule has 0 bridgehead atoms. The minimum Gasteiger partial charge on any atom is -0.493 e. The van der Waals surface area contributed by atoms with E-state index in [4.69, 9.17) is 9.47 Å². The number of benzene rings is 1. The third-order valence-electron chi connectivity index (χ3n) is 4.95. The fraction of sp³-hybridized carbons (Fsp3) is 0.400. The van der Waals surface area contributed by atoms with Crippen LogP contribution in [0.15, 0.2) is 40.6 Å². The fourth-order valence-corrected chi connectivity index (χ4v) is 5.38. The molecule has 162 valence electrons. The zero-order chi connectivity index (χ0) is 21.7. The number of nitrogens with zero attached hydrogens (tertiary/aromatic N) is 2. The maximum Gasteiger partial charge on any atom is 0.243 e. The van der Waals surface area contributed by atoms with Gasteiger partial charge in [0.15, 0.2) is 17.3 Å². The molecule has 1 aliphatic heterocycles. The van der Waals surface area contributed by atoms with E-state index in [9.17, 15) is 18.0 Å². The second-order valence-electron chi connectivity index (χ2n) is 6.70. The summed E-state index contributed by atoms with van der Waals surface area (Å²) in [4.78, 5) is 26.9. The molecule has 1 amide bonds. The molecular formula is C20H24N2O6S2. The molecule has 0 aliphatic carbocycles. The topological polar surface area (TPSA) is 93.2 Å². The summed E-state index contributed by atoms with van der Waals surface area (Å²) in [6, 6.07) is 8.01. The summed E-state index contributed by atoms with van der Waals surface area (Å²) in [6.45, 7) is 0.972. The minimum atomic E-state index is -3.72. The van der Waals surface area contributed by atoms with Crippen LogP contribution >= 0.6 is 11.3 Å². The number of carbonyl (C=O) groups excluding carboxylic acids is 2. The van der Waals surface area contributed by atoms with Gasteiger partial charge in [0.05, 0.1) is 24.0 Å². The van der Waals surface area contributed by atoms with E-state index in [1.807, 2.05) is 5.38 Å². The Morgan fingerprint density at radius 2 is 1.70 bits per heavy atom. The molecule has 0 radical (unpaired) electrons. The van der Waals surface area contributed by atoms with Gasteiger partial charge in [0.25, 0.3) is 0 Å². The van der Waals surface area contributed by atoms with Crippen molar-refractivity contribution >= 4 is 33.1 Å². The Balaban J connectivity index is 1.57. The number of piperazine rings is 1. The Morgan fingerprint density at radius 1 is 1.00 bits per heavy atom. The molecule has 1 aromatic heterocycles. The second-order valence-corrected chi connectivity index (χ2v) is 9.59. The van der Waals surface area contributed by atoms with E-state index >= 15 is 0 Å². The van der Waals surface area contributed by atoms with Crippen molar-refractivity contribution in [1.82, 2.24) is 9.21 Å². The van der Waals surface area contributed by atoms with E-state index in [1.54, 1.807) is 23.1 Å². The van der Waals surface area contributed by atoms with Gasteiger partial charge in [0, 0.05) is 45.1 Å². The SMILES string of the molecule is COc1ccc(S(=O)(=O)N2CCN(C(=O)CCC(=O)c3cccs3)CC2)cc1OC. The Labute approximate surface area is 180 Å². The zero-order valence-electron chi connectivity index (χ0n) is 16.9. The van der Waals surface area contributed by atoms with Crippen LogP contribution in [0, 0.1) is 0 Å². The van der Waals surface area contributed by atoms with Crippen LogP contribution in [-0.4, -0.2) is 69.7 Å². The molecule has 30 heavy (non-hydrogen) atoms. The van der Waals surface area contributed by atoms with E-state index in [-0.39, 0.29) is 42.5 Å².